The van der Waals surface area contributed by atoms with E-state index < -0.39 is 28.7 Å². The molecule has 148 valence electrons. The van der Waals surface area contributed by atoms with E-state index in [-0.39, 0.29) is 41.7 Å². The summed E-state index contributed by atoms with van der Waals surface area (Å²) in [6.07, 6.45) is 3.78. The number of ketones is 2. The third-order valence-corrected chi connectivity index (χ3v) is 8.59. The summed E-state index contributed by atoms with van der Waals surface area (Å²) in [4.78, 5) is 24.3. The standard InChI is InChI=1S/C22H29FO4/c1-11-7-15-14-9-17(23)16-8-13(25)5-6-20(16,3)19(14)18(26)10-21(15,4)22(11,27)12(2)24/h5-6,8,11,14-15,17-19,26-27H,7,9-10H2,1-4H3/t11-,14-,15-,17-,18-,19-,20-,21-,22-/m0/s1. The maximum Gasteiger partial charge on any atom is 0.178 e. The predicted octanol–water partition coefficient (Wildman–Crippen LogP) is 2.78. The smallest absolute Gasteiger partial charge is 0.178 e. The molecule has 0 radical (unpaired) electrons. The molecule has 3 fully saturated rings. The lowest BCUT2D eigenvalue weighted by Crippen LogP contribution is -2.62. The molecule has 4 nitrogen and oxygen atoms in total. The Bertz CT molecular complexity index is 772. The van der Waals surface area contributed by atoms with E-state index in [0.29, 0.717) is 18.4 Å². The van der Waals surface area contributed by atoms with Crippen LogP contribution in [0.2, 0.25) is 0 Å². The van der Waals surface area contributed by atoms with Gasteiger partial charge in [0.15, 0.2) is 11.6 Å². The Morgan fingerprint density at radius 2 is 1.96 bits per heavy atom. The number of aliphatic hydroxyl groups excluding tert-OH is 1. The highest BCUT2D eigenvalue weighted by atomic mass is 19.1. The molecule has 4 aliphatic rings. The van der Waals surface area contributed by atoms with Crippen LogP contribution in [0.15, 0.2) is 23.8 Å². The molecule has 3 saturated carbocycles. The maximum absolute atomic E-state index is 15.2. The minimum absolute atomic E-state index is 0.0440. The zero-order chi connectivity index (χ0) is 19.9. The molecule has 4 rings (SSSR count). The Balaban J connectivity index is 1.82. The van der Waals surface area contributed by atoms with E-state index in [1.54, 1.807) is 6.08 Å². The van der Waals surface area contributed by atoms with Gasteiger partial charge in [-0.05, 0) is 61.7 Å². The van der Waals surface area contributed by atoms with Gasteiger partial charge < -0.3 is 10.2 Å². The van der Waals surface area contributed by atoms with Gasteiger partial charge in [-0.1, -0.05) is 26.8 Å². The van der Waals surface area contributed by atoms with Gasteiger partial charge in [-0.15, -0.1) is 0 Å². The lowest BCUT2D eigenvalue weighted by atomic mass is 9.46. The van der Waals surface area contributed by atoms with Crippen LogP contribution in [0, 0.1) is 34.5 Å². The van der Waals surface area contributed by atoms with Crippen molar-refractivity contribution in [3.05, 3.63) is 23.8 Å². The number of allylic oxidation sites excluding steroid dienone is 4. The van der Waals surface area contributed by atoms with Crippen LogP contribution < -0.4 is 0 Å². The number of hydrogen-bond acceptors (Lipinski definition) is 4. The quantitative estimate of drug-likeness (QED) is 0.738. The van der Waals surface area contributed by atoms with Crippen LogP contribution in [0.25, 0.3) is 0 Å². The Kier molecular flexibility index (Phi) is 3.94. The predicted molar refractivity (Wildman–Crippen MR) is 98.5 cm³/mol. The largest absolute Gasteiger partial charge is 0.393 e. The van der Waals surface area contributed by atoms with Gasteiger partial charge >= 0.3 is 0 Å². The molecule has 0 aromatic carbocycles. The monoisotopic (exact) mass is 376 g/mol. The highest BCUT2D eigenvalue weighted by Crippen LogP contribution is 2.68. The van der Waals surface area contributed by atoms with Crippen molar-refractivity contribution in [1.29, 1.82) is 0 Å². The Hall–Kier alpha value is -1.33. The van der Waals surface area contributed by atoms with Gasteiger partial charge in [0.1, 0.15) is 11.8 Å². The average Bonchev–Trinajstić information content (AvgIpc) is 2.78. The molecule has 4 aliphatic carbocycles. The first-order valence-corrected chi connectivity index (χ1v) is 9.97. The SMILES string of the molecule is CC(=O)[C@@]1(O)[C@@H](C)C[C@H]2[C@@H]3C[C@H](F)C4=CC(=O)C=C[C@]4(C)[C@@H]3[C@@H](O)C[C@@]21C. The number of alkyl halides is 1. The summed E-state index contributed by atoms with van der Waals surface area (Å²) in [5.74, 6) is -1.13. The number of carbonyl (C=O) groups is 2. The number of hydrogen-bond donors (Lipinski definition) is 2. The maximum atomic E-state index is 15.2. The van der Waals surface area contributed by atoms with Gasteiger partial charge in [0.05, 0.1) is 6.10 Å². The van der Waals surface area contributed by atoms with Crippen molar-refractivity contribution in [2.75, 3.05) is 0 Å². The molecule has 0 aromatic rings. The molecule has 27 heavy (non-hydrogen) atoms. The summed E-state index contributed by atoms with van der Waals surface area (Å²) in [6, 6.07) is 0. The van der Waals surface area contributed by atoms with Gasteiger partial charge in [0.25, 0.3) is 0 Å². The van der Waals surface area contributed by atoms with Crippen LogP contribution >= 0.6 is 0 Å². The van der Waals surface area contributed by atoms with Gasteiger partial charge in [0, 0.05) is 16.7 Å². The zero-order valence-electron chi connectivity index (χ0n) is 16.4. The first kappa shape index (κ1) is 19.0. The van der Waals surface area contributed by atoms with Crippen LogP contribution in [-0.2, 0) is 9.59 Å². The molecule has 0 unspecified atom stereocenters. The van der Waals surface area contributed by atoms with Crippen molar-refractivity contribution in [1.82, 2.24) is 0 Å². The molecule has 2 N–H and O–H groups in total. The van der Waals surface area contributed by atoms with Crippen molar-refractivity contribution in [2.45, 2.75) is 64.8 Å². The van der Waals surface area contributed by atoms with E-state index in [9.17, 15) is 19.8 Å². The van der Waals surface area contributed by atoms with Gasteiger partial charge in [-0.25, -0.2) is 4.39 Å². The summed E-state index contributed by atoms with van der Waals surface area (Å²) >= 11 is 0. The second-order valence-electron chi connectivity index (χ2n) is 9.77. The van der Waals surface area contributed by atoms with Crippen LogP contribution in [0.5, 0.6) is 0 Å². The van der Waals surface area contributed by atoms with E-state index in [4.69, 9.17) is 0 Å². The first-order chi connectivity index (χ1) is 12.5. The highest BCUT2D eigenvalue weighted by molar-refractivity contribution is 6.01. The van der Waals surface area contributed by atoms with Crippen molar-refractivity contribution < 1.29 is 24.2 Å². The topological polar surface area (TPSA) is 74.6 Å². The summed E-state index contributed by atoms with van der Waals surface area (Å²) in [5.41, 5.74) is -2.52. The number of carbonyl (C=O) groups excluding carboxylic acids is 2. The minimum Gasteiger partial charge on any atom is -0.393 e. The van der Waals surface area contributed by atoms with Crippen molar-refractivity contribution in [2.24, 2.45) is 34.5 Å². The van der Waals surface area contributed by atoms with E-state index in [2.05, 4.69) is 0 Å². The molecule has 0 aromatic heterocycles. The van der Waals surface area contributed by atoms with Crippen LogP contribution in [0.4, 0.5) is 4.39 Å². The molecule has 0 bridgehead atoms. The van der Waals surface area contributed by atoms with Crippen molar-refractivity contribution in [3.63, 3.8) is 0 Å². The Morgan fingerprint density at radius 3 is 2.59 bits per heavy atom. The molecule has 0 amide bonds. The summed E-state index contributed by atoms with van der Waals surface area (Å²) < 4.78 is 15.2. The number of Topliss-reactive ketones (excluding diaryl/α,β-unsaturated/α-hetero) is 1. The van der Waals surface area contributed by atoms with Crippen LogP contribution in [0.1, 0.15) is 47.0 Å². The Labute approximate surface area is 159 Å². The van der Waals surface area contributed by atoms with Crippen molar-refractivity contribution in [3.8, 4) is 0 Å². The van der Waals surface area contributed by atoms with E-state index in [0.717, 1.165) is 0 Å². The lowest BCUT2D eigenvalue weighted by Gasteiger charge is -2.60. The molecular weight excluding hydrogens is 347 g/mol. The normalized spacial score (nSPS) is 54.0. The van der Waals surface area contributed by atoms with Crippen molar-refractivity contribution >= 4 is 11.6 Å². The molecule has 0 aliphatic heterocycles. The molecule has 5 heteroatoms. The highest BCUT2D eigenvalue weighted by Gasteiger charge is 2.70. The fraction of sp³-hybridized carbons (Fsp3) is 0.727. The summed E-state index contributed by atoms with van der Waals surface area (Å²) in [6.45, 7) is 7.10. The zero-order valence-corrected chi connectivity index (χ0v) is 16.4. The van der Waals surface area contributed by atoms with Gasteiger partial charge in [-0.2, -0.15) is 0 Å². The van der Waals surface area contributed by atoms with E-state index in [1.165, 1.54) is 19.1 Å². The average molecular weight is 376 g/mol. The van der Waals surface area contributed by atoms with E-state index in [1.807, 2.05) is 20.8 Å². The van der Waals surface area contributed by atoms with Crippen LogP contribution in [-0.4, -0.2) is 39.7 Å². The first-order valence-electron chi connectivity index (χ1n) is 9.97. The molecule has 0 heterocycles. The Morgan fingerprint density at radius 1 is 1.30 bits per heavy atom. The number of rotatable bonds is 1. The summed E-state index contributed by atoms with van der Waals surface area (Å²) in [5, 5.41) is 22.6. The van der Waals surface area contributed by atoms with Gasteiger partial charge in [-0.3, -0.25) is 9.59 Å². The van der Waals surface area contributed by atoms with Gasteiger partial charge in [0.2, 0.25) is 0 Å². The minimum atomic E-state index is -1.50. The van der Waals surface area contributed by atoms with E-state index >= 15 is 4.39 Å². The third-order valence-electron chi connectivity index (χ3n) is 8.59. The molecule has 9 atom stereocenters. The number of halogens is 1. The fourth-order valence-electron chi connectivity index (χ4n) is 7.42. The number of fused-ring (bicyclic) bond motifs is 5. The van der Waals surface area contributed by atoms with Crippen LogP contribution in [0.3, 0.4) is 0 Å². The molecule has 0 spiro atoms. The summed E-state index contributed by atoms with van der Waals surface area (Å²) in [7, 11) is 0. The second-order valence-corrected chi connectivity index (χ2v) is 9.77. The molecule has 0 saturated heterocycles. The third kappa shape index (κ3) is 2.16. The fourth-order valence-corrected chi connectivity index (χ4v) is 7.42. The number of aliphatic hydroxyl groups is 2. The molecular formula is C22H29FO4. The lowest BCUT2D eigenvalue weighted by molar-refractivity contribution is -0.182. The second kappa shape index (κ2) is 5.60.